The molecule has 1 saturated carbocycles. The highest BCUT2D eigenvalue weighted by molar-refractivity contribution is 5.78. The lowest BCUT2D eigenvalue weighted by Gasteiger charge is -2.44. The number of ether oxygens (including phenoxy) is 3. The van der Waals surface area contributed by atoms with E-state index in [0.29, 0.717) is 13.2 Å². The van der Waals surface area contributed by atoms with Crippen LogP contribution in [0, 0.1) is 5.41 Å². The molecule has 0 aromatic heterocycles. The smallest absolute Gasteiger partial charge is 0.317 e. The third-order valence-electron chi connectivity index (χ3n) is 3.99. The zero-order valence-electron chi connectivity index (χ0n) is 10.1. The van der Waals surface area contributed by atoms with E-state index in [1.54, 1.807) is 0 Å². The summed E-state index contributed by atoms with van der Waals surface area (Å²) < 4.78 is 16.3. The monoisotopic (exact) mass is 228 g/mol. The fraction of sp³-hybridized carbons (Fsp3) is 0.917. The van der Waals surface area contributed by atoms with E-state index < -0.39 is 11.2 Å². The van der Waals surface area contributed by atoms with Crippen molar-refractivity contribution < 1.29 is 19.0 Å². The number of esters is 1. The first-order chi connectivity index (χ1) is 7.65. The lowest BCUT2D eigenvalue weighted by atomic mass is 9.68. The molecule has 92 valence electrons. The Balaban J connectivity index is 2.28. The van der Waals surface area contributed by atoms with E-state index in [0.717, 1.165) is 25.7 Å². The van der Waals surface area contributed by atoms with Crippen molar-refractivity contribution >= 4 is 5.97 Å². The number of carbonyl (C=O) groups is 1. The third kappa shape index (κ3) is 1.64. The standard InChI is InChI=1S/C12H20O4/c1-11(15-8-9-16-11)12(10(13)14-2)6-4-3-5-7-12/h3-9H2,1-2H3. The summed E-state index contributed by atoms with van der Waals surface area (Å²) in [7, 11) is 1.44. The van der Waals surface area contributed by atoms with Crippen LogP contribution >= 0.6 is 0 Å². The quantitative estimate of drug-likeness (QED) is 0.677. The largest absolute Gasteiger partial charge is 0.468 e. The minimum atomic E-state index is -0.791. The van der Waals surface area contributed by atoms with E-state index in [-0.39, 0.29) is 5.97 Å². The summed E-state index contributed by atoms with van der Waals surface area (Å²) in [5.41, 5.74) is -0.601. The van der Waals surface area contributed by atoms with Crippen molar-refractivity contribution in [2.45, 2.75) is 44.8 Å². The highest BCUT2D eigenvalue weighted by atomic mass is 16.7. The highest BCUT2D eigenvalue weighted by Crippen LogP contribution is 2.49. The van der Waals surface area contributed by atoms with Crippen LogP contribution in [0.2, 0.25) is 0 Å². The molecule has 16 heavy (non-hydrogen) atoms. The van der Waals surface area contributed by atoms with Crippen LogP contribution in [0.25, 0.3) is 0 Å². The van der Waals surface area contributed by atoms with Crippen molar-refractivity contribution in [3.05, 3.63) is 0 Å². The van der Waals surface area contributed by atoms with Gasteiger partial charge in [0.2, 0.25) is 0 Å². The molecule has 1 aliphatic heterocycles. The van der Waals surface area contributed by atoms with Crippen molar-refractivity contribution in [2.75, 3.05) is 20.3 Å². The van der Waals surface area contributed by atoms with Gasteiger partial charge in [-0.2, -0.15) is 0 Å². The SMILES string of the molecule is COC(=O)C1(C2(C)OCCO2)CCCCC1. The molecule has 0 radical (unpaired) electrons. The summed E-state index contributed by atoms with van der Waals surface area (Å²) in [6.07, 6.45) is 4.86. The van der Waals surface area contributed by atoms with Gasteiger partial charge >= 0.3 is 5.97 Å². The van der Waals surface area contributed by atoms with Crippen LogP contribution in [0.5, 0.6) is 0 Å². The van der Waals surface area contributed by atoms with E-state index >= 15 is 0 Å². The molecule has 2 aliphatic rings. The van der Waals surface area contributed by atoms with Gasteiger partial charge in [0, 0.05) is 0 Å². The second-order valence-corrected chi connectivity index (χ2v) is 4.78. The fourth-order valence-electron chi connectivity index (χ4n) is 2.99. The van der Waals surface area contributed by atoms with E-state index in [1.165, 1.54) is 13.5 Å². The molecule has 2 rings (SSSR count). The van der Waals surface area contributed by atoms with Gasteiger partial charge < -0.3 is 14.2 Å². The number of hydrogen-bond donors (Lipinski definition) is 0. The van der Waals surface area contributed by atoms with Gasteiger partial charge in [0.15, 0.2) is 5.79 Å². The number of carbonyl (C=O) groups excluding carboxylic acids is 1. The molecule has 0 aromatic carbocycles. The molecule has 0 spiro atoms. The Hall–Kier alpha value is -0.610. The predicted octanol–water partition coefficient (Wildman–Crippen LogP) is 1.87. The van der Waals surface area contributed by atoms with Crippen LogP contribution in [0.3, 0.4) is 0 Å². The van der Waals surface area contributed by atoms with Crippen LogP contribution in [-0.2, 0) is 19.0 Å². The minimum Gasteiger partial charge on any atom is -0.468 e. The molecule has 4 heteroatoms. The van der Waals surface area contributed by atoms with Gasteiger partial charge in [0.1, 0.15) is 5.41 Å². The molecule has 4 nitrogen and oxygen atoms in total. The van der Waals surface area contributed by atoms with Gasteiger partial charge in [-0.25, -0.2) is 0 Å². The average Bonchev–Trinajstić information content (AvgIpc) is 2.77. The van der Waals surface area contributed by atoms with Crippen molar-refractivity contribution in [3.8, 4) is 0 Å². The third-order valence-corrected chi connectivity index (χ3v) is 3.99. The molecule has 1 saturated heterocycles. The van der Waals surface area contributed by atoms with E-state index in [4.69, 9.17) is 14.2 Å². The molecule has 0 N–H and O–H groups in total. The molecule has 0 amide bonds. The van der Waals surface area contributed by atoms with Crippen molar-refractivity contribution in [3.63, 3.8) is 0 Å². The molecule has 0 atom stereocenters. The van der Waals surface area contributed by atoms with Crippen LogP contribution in [0.1, 0.15) is 39.0 Å². The minimum absolute atomic E-state index is 0.184. The second-order valence-electron chi connectivity index (χ2n) is 4.78. The molecular formula is C12H20O4. The second kappa shape index (κ2) is 4.34. The van der Waals surface area contributed by atoms with E-state index in [2.05, 4.69) is 0 Å². The molecular weight excluding hydrogens is 208 g/mol. The van der Waals surface area contributed by atoms with Crippen LogP contribution in [0.15, 0.2) is 0 Å². The zero-order valence-corrected chi connectivity index (χ0v) is 10.1. The Morgan fingerprint density at radius 1 is 1.12 bits per heavy atom. The number of methoxy groups -OCH3 is 1. The normalized spacial score (nSPS) is 27.6. The van der Waals surface area contributed by atoms with Crippen LogP contribution in [-0.4, -0.2) is 32.1 Å². The zero-order chi connectivity index (χ0) is 11.6. The number of hydrogen-bond acceptors (Lipinski definition) is 4. The Kier molecular flexibility index (Phi) is 3.22. The summed E-state index contributed by atoms with van der Waals surface area (Å²) in [5, 5.41) is 0. The first-order valence-electron chi connectivity index (χ1n) is 6.01. The summed E-state index contributed by atoms with van der Waals surface area (Å²) in [6, 6.07) is 0. The maximum absolute atomic E-state index is 12.1. The fourth-order valence-corrected chi connectivity index (χ4v) is 2.99. The van der Waals surface area contributed by atoms with Gasteiger partial charge in [0.25, 0.3) is 0 Å². The van der Waals surface area contributed by atoms with Gasteiger partial charge in [-0.15, -0.1) is 0 Å². The predicted molar refractivity (Wildman–Crippen MR) is 57.8 cm³/mol. The summed E-state index contributed by atoms with van der Waals surface area (Å²) >= 11 is 0. The first kappa shape index (κ1) is 11.9. The topological polar surface area (TPSA) is 44.8 Å². The molecule has 2 fully saturated rings. The van der Waals surface area contributed by atoms with E-state index in [9.17, 15) is 4.79 Å². The van der Waals surface area contributed by atoms with Crippen molar-refractivity contribution in [1.29, 1.82) is 0 Å². The van der Waals surface area contributed by atoms with Crippen LogP contribution < -0.4 is 0 Å². The Bertz CT molecular complexity index is 262. The molecule has 1 heterocycles. The van der Waals surface area contributed by atoms with Crippen molar-refractivity contribution in [2.24, 2.45) is 5.41 Å². The Labute approximate surface area is 96.2 Å². The van der Waals surface area contributed by atoms with Gasteiger partial charge in [-0.05, 0) is 19.8 Å². The number of rotatable bonds is 2. The van der Waals surface area contributed by atoms with Crippen LogP contribution in [0.4, 0.5) is 0 Å². The van der Waals surface area contributed by atoms with E-state index in [1.807, 2.05) is 6.92 Å². The Morgan fingerprint density at radius 3 is 2.19 bits per heavy atom. The van der Waals surface area contributed by atoms with Crippen molar-refractivity contribution in [1.82, 2.24) is 0 Å². The molecule has 0 aromatic rings. The Morgan fingerprint density at radius 2 is 1.69 bits per heavy atom. The summed E-state index contributed by atoms with van der Waals surface area (Å²) in [4.78, 5) is 12.1. The molecule has 0 bridgehead atoms. The summed E-state index contributed by atoms with van der Waals surface area (Å²) in [5.74, 6) is -0.975. The lowest BCUT2D eigenvalue weighted by Crippen LogP contribution is -2.53. The highest BCUT2D eigenvalue weighted by Gasteiger charge is 2.58. The molecule has 1 aliphatic carbocycles. The maximum Gasteiger partial charge on any atom is 0.317 e. The first-order valence-corrected chi connectivity index (χ1v) is 6.01. The maximum atomic E-state index is 12.1. The lowest BCUT2D eigenvalue weighted by molar-refractivity contribution is -0.241. The van der Waals surface area contributed by atoms with Gasteiger partial charge in [-0.3, -0.25) is 4.79 Å². The average molecular weight is 228 g/mol. The molecule has 0 unspecified atom stereocenters. The van der Waals surface area contributed by atoms with Gasteiger partial charge in [-0.1, -0.05) is 19.3 Å². The van der Waals surface area contributed by atoms with Gasteiger partial charge in [0.05, 0.1) is 20.3 Å². The summed E-state index contributed by atoms with van der Waals surface area (Å²) in [6.45, 7) is 3.01.